The van der Waals surface area contributed by atoms with Crippen LogP contribution in [0.15, 0.2) is 71.0 Å². The number of hydrogen-bond acceptors (Lipinski definition) is 7. The SMILES string of the molecule is CCOc1cc(C2C(=C(O)c3c(C)nc4ccccn34)C(=O)C(=O)N2Cc2ccco2)ccc1O. The van der Waals surface area contributed by atoms with Crippen LogP contribution in [0.25, 0.3) is 11.4 Å². The van der Waals surface area contributed by atoms with Crippen LogP contribution in [-0.4, -0.2) is 42.8 Å². The number of fused-ring (bicyclic) bond motifs is 1. The maximum atomic E-state index is 13.3. The quantitative estimate of drug-likeness (QED) is 0.247. The second-order valence-electron chi connectivity index (χ2n) is 8.14. The summed E-state index contributed by atoms with van der Waals surface area (Å²) in [7, 11) is 0. The van der Waals surface area contributed by atoms with Crippen molar-refractivity contribution in [2.45, 2.75) is 26.4 Å². The van der Waals surface area contributed by atoms with Crippen LogP contribution in [0.3, 0.4) is 0 Å². The number of Topliss-reactive ketones (excluding diaryl/α,β-unsaturated/α-hetero) is 1. The molecular formula is C26H23N3O6. The van der Waals surface area contributed by atoms with Crippen LogP contribution < -0.4 is 4.74 Å². The number of phenolic OH excluding ortho intramolecular Hbond substituents is 1. The lowest BCUT2D eigenvalue weighted by Gasteiger charge is -2.25. The number of hydrogen-bond donors (Lipinski definition) is 2. The van der Waals surface area contributed by atoms with Gasteiger partial charge in [-0.2, -0.15) is 0 Å². The molecule has 1 saturated heterocycles. The molecule has 178 valence electrons. The Bertz CT molecular complexity index is 1470. The number of aromatic hydroxyl groups is 1. The van der Waals surface area contributed by atoms with Gasteiger partial charge in [-0.15, -0.1) is 0 Å². The number of aliphatic hydroxyl groups is 1. The number of phenols is 1. The third kappa shape index (κ3) is 3.71. The zero-order chi connectivity index (χ0) is 24.7. The number of ether oxygens (including phenoxy) is 1. The number of aryl methyl sites for hydroxylation is 1. The molecule has 0 radical (unpaired) electrons. The van der Waals surface area contributed by atoms with E-state index in [-0.39, 0.29) is 29.4 Å². The van der Waals surface area contributed by atoms with Gasteiger partial charge in [-0.25, -0.2) is 4.98 Å². The number of furan rings is 1. The van der Waals surface area contributed by atoms with Gasteiger partial charge in [0, 0.05) is 6.20 Å². The van der Waals surface area contributed by atoms with Gasteiger partial charge in [0.1, 0.15) is 17.1 Å². The minimum absolute atomic E-state index is 0.00992. The Morgan fingerprint density at radius 1 is 1.17 bits per heavy atom. The fraction of sp³-hybridized carbons (Fsp3) is 0.192. The summed E-state index contributed by atoms with van der Waals surface area (Å²) in [4.78, 5) is 32.4. The van der Waals surface area contributed by atoms with Crippen molar-refractivity contribution in [2.24, 2.45) is 0 Å². The van der Waals surface area contributed by atoms with Crippen molar-refractivity contribution in [1.29, 1.82) is 0 Å². The summed E-state index contributed by atoms with van der Waals surface area (Å²) in [5, 5.41) is 21.7. The first-order valence-electron chi connectivity index (χ1n) is 11.1. The molecule has 1 fully saturated rings. The summed E-state index contributed by atoms with van der Waals surface area (Å²) in [6.07, 6.45) is 3.21. The van der Waals surface area contributed by atoms with Crippen LogP contribution in [0, 0.1) is 6.92 Å². The number of carbonyl (C=O) groups is 2. The van der Waals surface area contributed by atoms with Crippen LogP contribution in [0.5, 0.6) is 11.5 Å². The largest absolute Gasteiger partial charge is 0.505 e. The van der Waals surface area contributed by atoms with Gasteiger partial charge in [0.05, 0.1) is 36.7 Å². The van der Waals surface area contributed by atoms with Crippen molar-refractivity contribution in [1.82, 2.24) is 14.3 Å². The second kappa shape index (κ2) is 8.68. The smallest absolute Gasteiger partial charge is 0.296 e. The molecule has 0 aliphatic carbocycles. The van der Waals surface area contributed by atoms with Crippen LogP contribution >= 0.6 is 0 Å². The van der Waals surface area contributed by atoms with Crippen LogP contribution in [0.2, 0.25) is 0 Å². The zero-order valence-electron chi connectivity index (χ0n) is 19.1. The van der Waals surface area contributed by atoms with Gasteiger partial charge in [-0.3, -0.25) is 14.0 Å². The summed E-state index contributed by atoms with van der Waals surface area (Å²) < 4.78 is 12.6. The highest BCUT2D eigenvalue weighted by atomic mass is 16.5. The molecule has 3 aromatic heterocycles. The summed E-state index contributed by atoms with van der Waals surface area (Å²) in [5.41, 5.74) is 1.83. The normalized spacial score (nSPS) is 17.4. The predicted molar refractivity (Wildman–Crippen MR) is 126 cm³/mol. The van der Waals surface area contributed by atoms with E-state index in [0.29, 0.717) is 35.0 Å². The van der Waals surface area contributed by atoms with Crippen molar-refractivity contribution in [3.63, 3.8) is 0 Å². The van der Waals surface area contributed by atoms with E-state index >= 15 is 0 Å². The molecule has 0 saturated carbocycles. The monoisotopic (exact) mass is 473 g/mol. The molecule has 1 atom stereocenters. The third-order valence-electron chi connectivity index (χ3n) is 5.97. The van der Waals surface area contributed by atoms with Crippen molar-refractivity contribution < 1.29 is 29.0 Å². The van der Waals surface area contributed by atoms with Crippen LogP contribution in [0.4, 0.5) is 0 Å². The Morgan fingerprint density at radius 2 is 2.00 bits per heavy atom. The fourth-order valence-electron chi connectivity index (χ4n) is 4.46. The number of nitrogens with zero attached hydrogens (tertiary/aromatic N) is 3. The van der Waals surface area contributed by atoms with Gasteiger partial charge in [0.15, 0.2) is 17.3 Å². The van der Waals surface area contributed by atoms with Crippen LogP contribution in [-0.2, 0) is 16.1 Å². The van der Waals surface area contributed by atoms with Gasteiger partial charge in [-0.1, -0.05) is 12.1 Å². The average molecular weight is 473 g/mol. The number of likely N-dealkylation sites (tertiary alicyclic amines) is 1. The molecule has 1 aliphatic rings. The molecule has 2 N–H and O–H groups in total. The number of aromatic nitrogens is 2. The van der Waals surface area contributed by atoms with E-state index in [0.717, 1.165) is 0 Å². The predicted octanol–water partition coefficient (Wildman–Crippen LogP) is 3.96. The van der Waals surface area contributed by atoms with E-state index in [1.54, 1.807) is 60.8 Å². The molecule has 5 rings (SSSR count). The lowest BCUT2D eigenvalue weighted by molar-refractivity contribution is -0.140. The minimum atomic E-state index is -0.950. The number of carbonyl (C=O) groups excluding carboxylic acids is 2. The highest BCUT2D eigenvalue weighted by molar-refractivity contribution is 6.46. The molecule has 1 amide bonds. The highest BCUT2D eigenvalue weighted by Crippen LogP contribution is 2.43. The Morgan fingerprint density at radius 3 is 2.74 bits per heavy atom. The summed E-state index contributed by atoms with van der Waals surface area (Å²) in [5.74, 6) is -1.32. The Labute approximate surface area is 200 Å². The average Bonchev–Trinajstić information content (AvgIpc) is 3.53. The Balaban J connectivity index is 1.73. The second-order valence-corrected chi connectivity index (χ2v) is 8.14. The number of rotatable bonds is 6. The first kappa shape index (κ1) is 22.3. The van der Waals surface area contributed by atoms with Gasteiger partial charge in [0.2, 0.25) is 0 Å². The molecule has 4 heterocycles. The van der Waals surface area contributed by atoms with E-state index in [1.165, 1.54) is 17.2 Å². The number of aliphatic hydroxyl groups excluding tert-OH is 1. The first-order chi connectivity index (χ1) is 16.9. The Hall–Kier alpha value is -4.53. The lowest BCUT2D eigenvalue weighted by Crippen LogP contribution is -2.29. The van der Waals surface area contributed by atoms with E-state index in [1.807, 2.05) is 6.07 Å². The molecule has 4 aromatic rings. The highest BCUT2D eigenvalue weighted by Gasteiger charge is 2.47. The zero-order valence-corrected chi connectivity index (χ0v) is 19.1. The molecule has 9 nitrogen and oxygen atoms in total. The molecular weight excluding hydrogens is 450 g/mol. The van der Waals surface area contributed by atoms with E-state index < -0.39 is 17.7 Å². The molecule has 35 heavy (non-hydrogen) atoms. The number of benzene rings is 1. The van der Waals surface area contributed by atoms with E-state index in [2.05, 4.69) is 4.98 Å². The molecule has 0 spiro atoms. The van der Waals surface area contributed by atoms with Crippen molar-refractivity contribution in [3.8, 4) is 11.5 Å². The molecule has 9 heteroatoms. The van der Waals surface area contributed by atoms with Crippen LogP contribution in [0.1, 0.15) is 35.7 Å². The first-order valence-corrected chi connectivity index (χ1v) is 11.1. The van der Waals surface area contributed by atoms with E-state index in [9.17, 15) is 19.8 Å². The molecule has 1 aromatic carbocycles. The summed E-state index contributed by atoms with van der Waals surface area (Å²) in [6, 6.07) is 12.4. The number of ketones is 1. The lowest BCUT2D eigenvalue weighted by atomic mass is 9.96. The minimum Gasteiger partial charge on any atom is -0.505 e. The summed E-state index contributed by atoms with van der Waals surface area (Å²) >= 11 is 0. The number of pyridine rings is 1. The molecule has 1 unspecified atom stereocenters. The number of imidazole rings is 1. The van der Waals surface area contributed by atoms with Gasteiger partial charge in [-0.05, 0) is 55.8 Å². The van der Waals surface area contributed by atoms with Crippen molar-refractivity contribution >= 4 is 23.1 Å². The standard InChI is InChI=1S/C26H23N3O6/c1-3-34-19-13-16(9-10-18(19)30)23-21(25(32)26(33)29(23)14-17-7-6-12-35-17)24(31)22-15(2)27-20-8-4-5-11-28(20)22/h4-13,23,30-31H,3,14H2,1-2H3. The Kier molecular flexibility index (Phi) is 5.52. The maximum Gasteiger partial charge on any atom is 0.296 e. The van der Waals surface area contributed by atoms with Crippen molar-refractivity contribution in [3.05, 3.63) is 89.3 Å². The third-order valence-corrected chi connectivity index (χ3v) is 5.97. The van der Waals surface area contributed by atoms with Gasteiger partial charge >= 0.3 is 0 Å². The molecule has 1 aliphatic heterocycles. The van der Waals surface area contributed by atoms with Crippen molar-refractivity contribution in [2.75, 3.05) is 6.61 Å². The maximum absolute atomic E-state index is 13.3. The fourth-order valence-corrected chi connectivity index (χ4v) is 4.46. The summed E-state index contributed by atoms with van der Waals surface area (Å²) in [6.45, 7) is 3.83. The van der Waals surface area contributed by atoms with Gasteiger partial charge < -0.3 is 24.3 Å². The number of amides is 1. The van der Waals surface area contributed by atoms with E-state index in [4.69, 9.17) is 9.15 Å². The molecule has 0 bridgehead atoms. The topological polar surface area (TPSA) is 118 Å². The van der Waals surface area contributed by atoms with Gasteiger partial charge in [0.25, 0.3) is 11.7 Å².